The molecule has 3 heteroatoms. The normalized spacial score (nSPS) is 10.1. The molecule has 0 aliphatic rings. The Balaban J connectivity index is 2.12. The minimum atomic E-state index is 0.968. The van der Waals surface area contributed by atoms with Crippen LogP contribution in [0.2, 0.25) is 0 Å². The molecule has 0 aliphatic carbocycles. The predicted molar refractivity (Wildman–Crippen MR) is 77.5 cm³/mol. The van der Waals surface area contributed by atoms with Crippen LogP contribution >= 0.6 is 0 Å². The molecule has 1 heterocycles. The van der Waals surface area contributed by atoms with Crippen molar-refractivity contribution in [1.29, 1.82) is 0 Å². The van der Waals surface area contributed by atoms with Gasteiger partial charge in [-0.1, -0.05) is 25.1 Å². The van der Waals surface area contributed by atoms with Gasteiger partial charge < -0.3 is 10.6 Å². The Kier molecular flexibility index (Phi) is 4.18. The van der Waals surface area contributed by atoms with Gasteiger partial charge in [-0.15, -0.1) is 0 Å². The molecule has 0 fully saturated rings. The number of benzene rings is 1. The summed E-state index contributed by atoms with van der Waals surface area (Å²) < 4.78 is 0. The van der Waals surface area contributed by atoms with Crippen molar-refractivity contribution in [2.45, 2.75) is 20.3 Å². The molecule has 0 saturated heterocycles. The highest BCUT2D eigenvalue weighted by Crippen LogP contribution is 2.21. The molecule has 2 aromatic rings. The summed E-state index contributed by atoms with van der Waals surface area (Å²) in [5.41, 5.74) is 4.40. The lowest BCUT2D eigenvalue weighted by atomic mass is 10.2. The highest BCUT2D eigenvalue weighted by Gasteiger charge is 1.99. The van der Waals surface area contributed by atoms with Gasteiger partial charge >= 0.3 is 0 Å². The van der Waals surface area contributed by atoms with E-state index in [0.717, 1.165) is 30.0 Å². The smallest absolute Gasteiger partial charge is 0.0591 e. The first-order valence-corrected chi connectivity index (χ1v) is 6.31. The van der Waals surface area contributed by atoms with Crippen molar-refractivity contribution in [1.82, 2.24) is 4.98 Å². The van der Waals surface area contributed by atoms with Crippen LogP contribution in [0.1, 0.15) is 18.9 Å². The van der Waals surface area contributed by atoms with Gasteiger partial charge in [-0.3, -0.25) is 4.98 Å². The van der Waals surface area contributed by atoms with E-state index in [0.29, 0.717) is 0 Å². The first-order chi connectivity index (χ1) is 8.79. The monoisotopic (exact) mass is 241 g/mol. The molecule has 0 saturated carbocycles. The van der Waals surface area contributed by atoms with Crippen LogP contribution in [0.3, 0.4) is 0 Å². The molecule has 0 aliphatic heterocycles. The zero-order valence-corrected chi connectivity index (χ0v) is 10.9. The number of para-hydroxylation sites is 1. The van der Waals surface area contributed by atoms with E-state index in [4.69, 9.17) is 0 Å². The maximum absolute atomic E-state index is 4.24. The fraction of sp³-hybridized carbons (Fsp3) is 0.267. The molecule has 1 aromatic carbocycles. The Morgan fingerprint density at radius 2 is 1.89 bits per heavy atom. The summed E-state index contributed by atoms with van der Waals surface area (Å²) >= 11 is 0. The van der Waals surface area contributed by atoms with E-state index in [1.54, 1.807) is 0 Å². The number of rotatable bonds is 5. The minimum absolute atomic E-state index is 0.968. The summed E-state index contributed by atoms with van der Waals surface area (Å²) in [6.07, 6.45) is 4.79. The zero-order valence-electron chi connectivity index (χ0n) is 10.9. The number of nitrogens with one attached hydrogen (secondary N) is 2. The lowest BCUT2D eigenvalue weighted by Gasteiger charge is -2.10. The Hall–Kier alpha value is -2.03. The predicted octanol–water partition coefficient (Wildman–Crippen LogP) is 3.96. The number of hydrogen-bond donors (Lipinski definition) is 2. The topological polar surface area (TPSA) is 37.0 Å². The highest BCUT2D eigenvalue weighted by atomic mass is 14.9. The number of aromatic nitrogens is 1. The Bertz CT molecular complexity index is 509. The quantitative estimate of drug-likeness (QED) is 0.832. The first kappa shape index (κ1) is 12.4. The third kappa shape index (κ3) is 3.23. The SMILES string of the molecule is CCCNc1cncc(Nc2ccccc2C)c1. The van der Waals surface area contributed by atoms with Crippen LogP contribution in [-0.2, 0) is 0 Å². The van der Waals surface area contributed by atoms with Gasteiger partial charge in [-0.25, -0.2) is 0 Å². The molecule has 0 atom stereocenters. The van der Waals surface area contributed by atoms with E-state index >= 15 is 0 Å². The van der Waals surface area contributed by atoms with Gasteiger partial charge in [-0.2, -0.15) is 0 Å². The van der Waals surface area contributed by atoms with Crippen molar-refractivity contribution in [3.63, 3.8) is 0 Å². The molecular formula is C15H19N3. The number of aryl methyl sites for hydroxylation is 1. The Labute approximate surface area is 108 Å². The van der Waals surface area contributed by atoms with Crippen molar-refractivity contribution in [2.75, 3.05) is 17.2 Å². The van der Waals surface area contributed by atoms with Gasteiger partial charge in [0.25, 0.3) is 0 Å². The fourth-order valence-electron chi connectivity index (χ4n) is 1.74. The number of anilines is 3. The van der Waals surface area contributed by atoms with Crippen molar-refractivity contribution >= 4 is 17.1 Å². The average Bonchev–Trinajstić information content (AvgIpc) is 2.40. The lowest BCUT2D eigenvalue weighted by molar-refractivity contribution is 0.978. The highest BCUT2D eigenvalue weighted by molar-refractivity contribution is 5.65. The summed E-state index contributed by atoms with van der Waals surface area (Å²) in [6, 6.07) is 10.3. The van der Waals surface area contributed by atoms with E-state index in [-0.39, 0.29) is 0 Å². The second-order valence-electron chi connectivity index (χ2n) is 4.33. The van der Waals surface area contributed by atoms with Gasteiger partial charge in [-0.05, 0) is 31.0 Å². The standard InChI is InChI=1S/C15H19N3/c1-3-8-17-13-9-14(11-16-10-13)18-15-7-5-4-6-12(15)2/h4-7,9-11,17-18H,3,8H2,1-2H3. The molecule has 2 N–H and O–H groups in total. The molecule has 0 bridgehead atoms. The first-order valence-electron chi connectivity index (χ1n) is 6.31. The third-order valence-corrected chi connectivity index (χ3v) is 2.74. The summed E-state index contributed by atoms with van der Waals surface area (Å²) in [4.78, 5) is 4.24. The van der Waals surface area contributed by atoms with Crippen molar-refractivity contribution in [3.8, 4) is 0 Å². The molecule has 94 valence electrons. The van der Waals surface area contributed by atoms with Crippen molar-refractivity contribution in [3.05, 3.63) is 48.3 Å². The summed E-state index contributed by atoms with van der Waals surface area (Å²) in [5.74, 6) is 0. The molecule has 0 unspecified atom stereocenters. The molecule has 0 spiro atoms. The molecule has 0 amide bonds. The van der Waals surface area contributed by atoms with E-state index < -0.39 is 0 Å². The second-order valence-corrected chi connectivity index (χ2v) is 4.33. The third-order valence-electron chi connectivity index (χ3n) is 2.74. The van der Waals surface area contributed by atoms with Crippen LogP contribution in [-0.4, -0.2) is 11.5 Å². The molecular weight excluding hydrogens is 222 g/mol. The van der Waals surface area contributed by atoms with E-state index in [2.05, 4.69) is 47.7 Å². The van der Waals surface area contributed by atoms with E-state index in [1.165, 1.54) is 5.56 Å². The maximum Gasteiger partial charge on any atom is 0.0591 e. The number of nitrogens with zero attached hydrogens (tertiary/aromatic N) is 1. The van der Waals surface area contributed by atoms with E-state index in [1.807, 2.05) is 24.5 Å². The van der Waals surface area contributed by atoms with Crippen molar-refractivity contribution < 1.29 is 0 Å². The largest absolute Gasteiger partial charge is 0.384 e. The van der Waals surface area contributed by atoms with Crippen LogP contribution < -0.4 is 10.6 Å². The Morgan fingerprint density at radius 3 is 2.67 bits per heavy atom. The van der Waals surface area contributed by atoms with Gasteiger partial charge in [0.1, 0.15) is 0 Å². The molecule has 3 nitrogen and oxygen atoms in total. The molecule has 18 heavy (non-hydrogen) atoms. The van der Waals surface area contributed by atoms with Gasteiger partial charge in [0.2, 0.25) is 0 Å². The average molecular weight is 241 g/mol. The van der Waals surface area contributed by atoms with Crippen LogP contribution in [0.25, 0.3) is 0 Å². The van der Waals surface area contributed by atoms with Gasteiger partial charge in [0, 0.05) is 12.2 Å². The van der Waals surface area contributed by atoms with Crippen LogP contribution in [0.4, 0.5) is 17.1 Å². The molecule has 0 radical (unpaired) electrons. The number of pyridine rings is 1. The summed E-state index contributed by atoms with van der Waals surface area (Å²) in [6.45, 7) is 5.21. The fourth-order valence-corrected chi connectivity index (χ4v) is 1.74. The Morgan fingerprint density at radius 1 is 1.11 bits per heavy atom. The van der Waals surface area contributed by atoms with Crippen molar-refractivity contribution in [2.24, 2.45) is 0 Å². The van der Waals surface area contributed by atoms with Gasteiger partial charge in [0.15, 0.2) is 0 Å². The number of hydrogen-bond acceptors (Lipinski definition) is 3. The van der Waals surface area contributed by atoms with E-state index in [9.17, 15) is 0 Å². The second kappa shape index (κ2) is 6.05. The molecule has 2 rings (SSSR count). The minimum Gasteiger partial charge on any atom is -0.384 e. The van der Waals surface area contributed by atoms with Gasteiger partial charge in [0.05, 0.1) is 23.8 Å². The van der Waals surface area contributed by atoms with Crippen LogP contribution in [0.5, 0.6) is 0 Å². The lowest BCUT2D eigenvalue weighted by Crippen LogP contribution is -2.01. The zero-order chi connectivity index (χ0) is 12.8. The molecule has 1 aromatic heterocycles. The van der Waals surface area contributed by atoms with Crippen LogP contribution in [0, 0.1) is 6.92 Å². The van der Waals surface area contributed by atoms with Crippen LogP contribution in [0.15, 0.2) is 42.7 Å². The maximum atomic E-state index is 4.24. The summed E-state index contributed by atoms with van der Waals surface area (Å²) in [5, 5.41) is 6.72. The summed E-state index contributed by atoms with van der Waals surface area (Å²) in [7, 11) is 0.